The summed E-state index contributed by atoms with van der Waals surface area (Å²) >= 11 is 2.95. The lowest BCUT2D eigenvalue weighted by atomic mass is 9.84. The molecular weight excluding hydrogens is 585 g/mol. The maximum Gasteiger partial charge on any atom is 0.314 e. The highest BCUT2D eigenvalue weighted by Gasteiger charge is 2.33. The molecule has 0 atom stereocenters. The zero-order chi connectivity index (χ0) is 31.1. The maximum atomic E-state index is 13.9. The Bertz CT molecular complexity index is 1640. The first-order valence-electron chi connectivity index (χ1n) is 15.5. The van der Waals surface area contributed by atoms with Crippen LogP contribution in [-0.4, -0.2) is 17.5 Å². The zero-order valence-electron chi connectivity index (χ0n) is 25.6. The van der Waals surface area contributed by atoms with Gasteiger partial charge in [-0.1, -0.05) is 100.0 Å². The van der Waals surface area contributed by atoms with E-state index in [4.69, 9.17) is 4.74 Å². The Morgan fingerprint density at radius 1 is 0.659 bits per heavy atom. The van der Waals surface area contributed by atoms with Crippen molar-refractivity contribution >= 4 is 41.1 Å². The number of esters is 1. The Hall–Kier alpha value is -3.61. The predicted octanol–water partition coefficient (Wildman–Crippen LogP) is 10.2. The summed E-state index contributed by atoms with van der Waals surface area (Å²) < 4.78 is 5.56. The molecular formula is C38H38O4S2. The number of carbonyl (C=O) groups excluding carboxylic acids is 3. The summed E-state index contributed by atoms with van der Waals surface area (Å²) in [5, 5.41) is 0. The molecule has 0 radical (unpaired) electrons. The average molecular weight is 623 g/mol. The van der Waals surface area contributed by atoms with Crippen molar-refractivity contribution in [1.82, 2.24) is 0 Å². The van der Waals surface area contributed by atoms with Crippen molar-refractivity contribution in [2.24, 2.45) is 5.92 Å². The van der Waals surface area contributed by atoms with Crippen LogP contribution in [0.3, 0.4) is 0 Å². The van der Waals surface area contributed by atoms with Gasteiger partial charge in [-0.2, -0.15) is 0 Å². The highest BCUT2D eigenvalue weighted by molar-refractivity contribution is 7.99. The summed E-state index contributed by atoms with van der Waals surface area (Å²) in [6.45, 7) is 6.18. The summed E-state index contributed by atoms with van der Waals surface area (Å²) in [5.41, 5.74) is 3.11. The highest BCUT2D eigenvalue weighted by Crippen LogP contribution is 2.41. The van der Waals surface area contributed by atoms with Crippen LogP contribution in [-0.2, 0) is 11.2 Å². The minimum Gasteiger partial charge on any atom is -0.426 e. The van der Waals surface area contributed by atoms with Gasteiger partial charge >= 0.3 is 5.97 Å². The fourth-order valence-electron chi connectivity index (χ4n) is 5.48. The Balaban J connectivity index is 1.34. The van der Waals surface area contributed by atoms with Crippen LogP contribution in [0.25, 0.3) is 0 Å². The van der Waals surface area contributed by atoms with Gasteiger partial charge < -0.3 is 4.74 Å². The third-order valence-corrected chi connectivity index (χ3v) is 10.2. The molecule has 0 fully saturated rings. The Morgan fingerprint density at radius 3 is 1.68 bits per heavy atom. The quantitative estimate of drug-likeness (QED) is 0.0740. The molecule has 0 saturated heterocycles. The molecule has 1 aliphatic carbocycles. The standard InChI is InChI=1S/C38H38O4S2/c1-4-7-8-9-12-25-17-21-28(22-18-25)43-32-15-10-13-30-34(32)36(39)31-14-11-16-33(35(31)37(30)40)44-29-23-19-27(20-24-29)42-38(41)26(5-2)6-3/h10-11,13-24,26H,4-9,12H2,1-3H3. The molecule has 4 aromatic carbocycles. The smallest absolute Gasteiger partial charge is 0.314 e. The van der Waals surface area contributed by atoms with E-state index >= 15 is 0 Å². The van der Waals surface area contributed by atoms with E-state index in [0.717, 1.165) is 38.8 Å². The largest absolute Gasteiger partial charge is 0.426 e. The highest BCUT2D eigenvalue weighted by atomic mass is 32.2. The van der Waals surface area contributed by atoms with Crippen molar-refractivity contribution in [3.8, 4) is 5.75 Å². The van der Waals surface area contributed by atoms with Crippen LogP contribution in [0.5, 0.6) is 5.75 Å². The van der Waals surface area contributed by atoms with Gasteiger partial charge in [0.1, 0.15) is 5.75 Å². The molecule has 226 valence electrons. The first-order valence-corrected chi connectivity index (χ1v) is 17.2. The van der Waals surface area contributed by atoms with Gasteiger partial charge in [-0.05, 0) is 79.8 Å². The maximum absolute atomic E-state index is 13.9. The molecule has 0 saturated carbocycles. The molecule has 44 heavy (non-hydrogen) atoms. The van der Waals surface area contributed by atoms with E-state index in [2.05, 4.69) is 31.2 Å². The molecule has 0 aromatic heterocycles. The van der Waals surface area contributed by atoms with E-state index in [1.54, 1.807) is 24.3 Å². The van der Waals surface area contributed by atoms with Crippen molar-refractivity contribution in [1.29, 1.82) is 0 Å². The molecule has 0 unspecified atom stereocenters. The number of hydrogen-bond donors (Lipinski definition) is 0. The average Bonchev–Trinajstić information content (AvgIpc) is 3.04. The first-order chi connectivity index (χ1) is 21.4. The summed E-state index contributed by atoms with van der Waals surface area (Å²) in [5.74, 6) is -0.110. The summed E-state index contributed by atoms with van der Waals surface area (Å²) in [7, 11) is 0. The fourth-order valence-corrected chi connectivity index (χ4v) is 7.43. The monoisotopic (exact) mass is 622 g/mol. The Morgan fingerprint density at radius 2 is 1.18 bits per heavy atom. The van der Waals surface area contributed by atoms with Gasteiger partial charge in [-0.3, -0.25) is 14.4 Å². The number of rotatable bonds is 13. The number of unbranched alkanes of at least 4 members (excludes halogenated alkanes) is 3. The lowest BCUT2D eigenvalue weighted by molar-refractivity contribution is -0.139. The molecule has 0 heterocycles. The molecule has 0 N–H and O–H groups in total. The van der Waals surface area contributed by atoms with Crippen LogP contribution in [0, 0.1) is 5.92 Å². The Kier molecular flexibility index (Phi) is 10.8. The molecule has 0 amide bonds. The molecule has 6 heteroatoms. The van der Waals surface area contributed by atoms with E-state index in [-0.39, 0.29) is 23.5 Å². The molecule has 5 rings (SSSR count). The van der Waals surface area contributed by atoms with Gasteiger partial charge in [0.25, 0.3) is 0 Å². The van der Waals surface area contributed by atoms with Crippen LogP contribution in [0.15, 0.2) is 105 Å². The van der Waals surface area contributed by atoms with Crippen molar-refractivity contribution in [3.05, 3.63) is 113 Å². The van der Waals surface area contributed by atoms with Gasteiger partial charge in [0, 0.05) is 41.8 Å². The van der Waals surface area contributed by atoms with Crippen LogP contribution >= 0.6 is 23.5 Å². The SMILES string of the molecule is CCCCCCc1ccc(Sc2cccc3c2C(=O)c2cccc(Sc4ccc(OC(=O)C(CC)CC)cc4)c2C3=O)cc1. The number of carbonyl (C=O) groups is 3. The number of ketones is 2. The molecule has 4 nitrogen and oxygen atoms in total. The minimum atomic E-state index is -0.220. The van der Waals surface area contributed by atoms with Gasteiger partial charge in [0.15, 0.2) is 11.6 Å². The summed E-state index contributed by atoms with van der Waals surface area (Å²) in [6.07, 6.45) is 7.51. The second-order valence-corrected chi connectivity index (χ2v) is 13.3. The minimum absolute atomic E-state index is 0.115. The van der Waals surface area contributed by atoms with Gasteiger partial charge in [0.05, 0.1) is 5.92 Å². The molecule has 0 spiro atoms. The fraction of sp³-hybridized carbons (Fsp3) is 0.289. The second kappa shape index (κ2) is 14.9. The van der Waals surface area contributed by atoms with E-state index in [1.165, 1.54) is 54.8 Å². The molecule has 0 bridgehead atoms. The van der Waals surface area contributed by atoms with Crippen LogP contribution < -0.4 is 4.74 Å². The topological polar surface area (TPSA) is 60.4 Å². The van der Waals surface area contributed by atoms with Gasteiger partial charge in [-0.25, -0.2) is 0 Å². The molecule has 4 aromatic rings. The lowest BCUT2D eigenvalue weighted by Gasteiger charge is -2.22. The number of benzene rings is 4. The lowest BCUT2D eigenvalue weighted by Crippen LogP contribution is -2.22. The van der Waals surface area contributed by atoms with Gasteiger partial charge in [-0.15, -0.1) is 0 Å². The normalized spacial score (nSPS) is 12.3. The second-order valence-electron chi connectivity index (χ2n) is 11.1. The number of hydrogen-bond acceptors (Lipinski definition) is 6. The number of aryl methyl sites for hydroxylation is 1. The van der Waals surface area contributed by atoms with Gasteiger partial charge in [0.2, 0.25) is 0 Å². The van der Waals surface area contributed by atoms with Crippen molar-refractivity contribution < 1.29 is 19.1 Å². The molecule has 0 aliphatic heterocycles. The Labute approximate surface area is 269 Å². The predicted molar refractivity (Wildman–Crippen MR) is 178 cm³/mol. The van der Waals surface area contributed by atoms with Crippen LogP contribution in [0.1, 0.15) is 96.7 Å². The van der Waals surface area contributed by atoms with Crippen molar-refractivity contribution in [2.45, 2.75) is 85.3 Å². The first kappa shape index (κ1) is 31.8. The van der Waals surface area contributed by atoms with Crippen LogP contribution in [0.2, 0.25) is 0 Å². The summed E-state index contributed by atoms with van der Waals surface area (Å²) in [6, 6.07) is 26.8. The number of fused-ring (bicyclic) bond motifs is 2. The zero-order valence-corrected chi connectivity index (χ0v) is 27.2. The van der Waals surface area contributed by atoms with Crippen molar-refractivity contribution in [2.75, 3.05) is 0 Å². The van der Waals surface area contributed by atoms with E-state index in [0.29, 0.717) is 28.0 Å². The van der Waals surface area contributed by atoms with Crippen molar-refractivity contribution in [3.63, 3.8) is 0 Å². The molecule has 1 aliphatic rings. The van der Waals surface area contributed by atoms with Crippen LogP contribution in [0.4, 0.5) is 0 Å². The third-order valence-electron chi connectivity index (χ3n) is 8.05. The third kappa shape index (κ3) is 7.19. The van der Waals surface area contributed by atoms with E-state index < -0.39 is 0 Å². The van der Waals surface area contributed by atoms with E-state index in [9.17, 15) is 14.4 Å². The summed E-state index contributed by atoms with van der Waals surface area (Å²) in [4.78, 5) is 43.7. The number of ether oxygens (including phenoxy) is 1. The van der Waals surface area contributed by atoms with E-state index in [1.807, 2.05) is 50.2 Å².